The molecule has 74 heavy (non-hydrogen) atoms. The normalized spacial score (nSPS) is 12.6. The highest BCUT2D eigenvalue weighted by molar-refractivity contribution is 5.76. The number of amides is 1. The Morgan fingerprint density at radius 3 is 0.959 bits per heavy atom. The lowest BCUT2D eigenvalue weighted by Crippen LogP contribution is -2.45. The Balaban J connectivity index is 3.43. The minimum Gasteiger partial charge on any atom is -0.466 e. The second-order valence-corrected chi connectivity index (χ2v) is 23.2. The monoisotopic (exact) mass is 1040 g/mol. The van der Waals surface area contributed by atoms with E-state index < -0.39 is 12.1 Å². The fraction of sp³-hybridized carbons (Fsp3) is 0.912. The topological polar surface area (TPSA) is 95.9 Å². The molecule has 0 fully saturated rings. The third-order valence-electron chi connectivity index (χ3n) is 15.7. The van der Waals surface area contributed by atoms with Gasteiger partial charge in [-0.05, 0) is 57.8 Å². The van der Waals surface area contributed by atoms with Crippen LogP contribution >= 0.6 is 0 Å². The van der Waals surface area contributed by atoms with E-state index in [9.17, 15) is 19.8 Å². The zero-order valence-electron chi connectivity index (χ0n) is 50.1. The van der Waals surface area contributed by atoms with Crippen LogP contribution in [0.15, 0.2) is 24.3 Å². The lowest BCUT2D eigenvalue weighted by atomic mass is 10.0. The molecule has 0 saturated heterocycles. The number of ether oxygens (including phenoxy) is 1. The van der Waals surface area contributed by atoms with Gasteiger partial charge < -0.3 is 20.3 Å². The van der Waals surface area contributed by atoms with E-state index in [1.165, 1.54) is 302 Å². The maximum atomic E-state index is 12.5. The number of nitrogens with one attached hydrogen (secondary N) is 1. The Kier molecular flexibility index (Phi) is 62.4. The van der Waals surface area contributed by atoms with E-state index in [1.54, 1.807) is 6.08 Å². The van der Waals surface area contributed by atoms with Crippen LogP contribution in [0.25, 0.3) is 0 Å². The predicted octanol–water partition coefficient (Wildman–Crippen LogP) is 21.4. The number of allylic oxidation sites excluding steroid dienone is 3. The van der Waals surface area contributed by atoms with E-state index in [4.69, 9.17) is 4.74 Å². The van der Waals surface area contributed by atoms with Crippen LogP contribution in [-0.2, 0) is 14.3 Å². The molecule has 438 valence electrons. The number of esters is 1. The van der Waals surface area contributed by atoms with E-state index in [2.05, 4.69) is 31.3 Å². The first-order valence-electron chi connectivity index (χ1n) is 33.6. The highest BCUT2D eigenvalue weighted by Crippen LogP contribution is 2.18. The molecule has 0 aromatic rings. The summed E-state index contributed by atoms with van der Waals surface area (Å²) in [5, 5.41) is 23.2. The number of hydrogen-bond donors (Lipinski definition) is 3. The van der Waals surface area contributed by atoms with Crippen molar-refractivity contribution in [1.29, 1.82) is 0 Å². The zero-order valence-corrected chi connectivity index (χ0v) is 50.1. The van der Waals surface area contributed by atoms with Crippen molar-refractivity contribution in [2.75, 3.05) is 13.2 Å². The fourth-order valence-electron chi connectivity index (χ4n) is 10.6. The molecule has 3 N–H and O–H groups in total. The molecule has 0 spiro atoms. The molecule has 0 aliphatic heterocycles. The van der Waals surface area contributed by atoms with Crippen molar-refractivity contribution in [2.45, 2.75) is 386 Å². The van der Waals surface area contributed by atoms with E-state index in [-0.39, 0.29) is 18.5 Å². The summed E-state index contributed by atoms with van der Waals surface area (Å²) in [7, 11) is 0. The smallest absolute Gasteiger partial charge is 0.305 e. The Bertz CT molecular complexity index is 1150. The highest BCUT2D eigenvalue weighted by Gasteiger charge is 2.18. The first-order valence-corrected chi connectivity index (χ1v) is 33.6. The summed E-state index contributed by atoms with van der Waals surface area (Å²) in [4.78, 5) is 24.6. The van der Waals surface area contributed by atoms with Crippen molar-refractivity contribution in [1.82, 2.24) is 5.32 Å². The first kappa shape index (κ1) is 72.3. The molecular weight excluding hydrogens is 911 g/mol. The van der Waals surface area contributed by atoms with Gasteiger partial charge in [0, 0.05) is 12.8 Å². The molecule has 6 heteroatoms. The maximum Gasteiger partial charge on any atom is 0.305 e. The van der Waals surface area contributed by atoms with Gasteiger partial charge in [0.15, 0.2) is 0 Å². The van der Waals surface area contributed by atoms with Gasteiger partial charge in [0.1, 0.15) is 0 Å². The van der Waals surface area contributed by atoms with Crippen LogP contribution < -0.4 is 5.32 Å². The number of rotatable bonds is 63. The second kappa shape index (κ2) is 63.9. The summed E-state index contributed by atoms with van der Waals surface area (Å²) < 4.78 is 5.49. The molecule has 1 amide bonds. The number of hydrogen-bond acceptors (Lipinski definition) is 5. The van der Waals surface area contributed by atoms with Gasteiger partial charge in [-0.15, -0.1) is 0 Å². The molecule has 0 heterocycles. The quantitative estimate of drug-likeness (QED) is 0.0320. The van der Waals surface area contributed by atoms with Gasteiger partial charge in [0.05, 0.1) is 25.4 Å². The average Bonchev–Trinajstić information content (AvgIpc) is 3.40. The molecule has 2 atom stereocenters. The number of unbranched alkanes of at least 4 members (excludes halogenated alkanes) is 50. The Morgan fingerprint density at radius 2 is 0.635 bits per heavy atom. The molecule has 6 nitrogen and oxygen atoms in total. The zero-order chi connectivity index (χ0) is 53.6. The van der Waals surface area contributed by atoms with Crippen molar-refractivity contribution in [3.8, 4) is 0 Å². The standard InChI is InChI=1S/C68H131NO5/c1-3-5-7-9-11-13-15-17-19-21-22-23-24-25-29-32-36-40-44-48-52-56-60-66(71)65(64-70)69-67(72)61-57-53-49-45-41-37-33-30-26-27-31-35-39-43-47-51-55-59-63-74-68(73)62-58-54-50-46-42-38-34-28-20-18-16-14-12-10-8-6-4-2/h18,20,56,60,65-66,70-71H,3-17,19,21-55,57-59,61-64H2,1-2H3,(H,69,72)/b20-18-,60-56+. The van der Waals surface area contributed by atoms with Crippen LogP contribution in [0.2, 0.25) is 0 Å². The van der Waals surface area contributed by atoms with Crippen LogP contribution in [0, 0.1) is 0 Å². The molecule has 0 bridgehead atoms. The van der Waals surface area contributed by atoms with Gasteiger partial charge in [0.2, 0.25) is 5.91 Å². The van der Waals surface area contributed by atoms with Gasteiger partial charge in [-0.1, -0.05) is 327 Å². The SMILES string of the molecule is CCCCCCCC/C=C\CCCCCCCCCC(=O)OCCCCCCCCCCCCCCCCCCCCC(=O)NC(CO)C(O)/C=C/CCCCCCCCCCCCCCCCCCCCCC. The third-order valence-corrected chi connectivity index (χ3v) is 15.7. The van der Waals surface area contributed by atoms with E-state index in [1.807, 2.05) is 6.08 Å². The Hall–Kier alpha value is -1.66. The van der Waals surface area contributed by atoms with Crippen LogP contribution in [0.5, 0.6) is 0 Å². The largest absolute Gasteiger partial charge is 0.466 e. The number of carbonyl (C=O) groups is 2. The summed E-state index contributed by atoms with van der Waals surface area (Å²) >= 11 is 0. The molecule has 2 unspecified atom stereocenters. The van der Waals surface area contributed by atoms with Crippen LogP contribution in [0.4, 0.5) is 0 Å². The average molecular weight is 1040 g/mol. The maximum absolute atomic E-state index is 12.5. The van der Waals surface area contributed by atoms with Crippen LogP contribution in [0.1, 0.15) is 373 Å². The lowest BCUT2D eigenvalue weighted by Gasteiger charge is -2.20. The van der Waals surface area contributed by atoms with Crippen molar-refractivity contribution in [3.05, 3.63) is 24.3 Å². The van der Waals surface area contributed by atoms with Crippen molar-refractivity contribution in [2.24, 2.45) is 0 Å². The molecule has 0 aromatic heterocycles. The molecule has 0 aromatic carbocycles. The molecule has 0 rings (SSSR count). The Labute approximate surface area is 462 Å². The molecule has 0 radical (unpaired) electrons. The van der Waals surface area contributed by atoms with E-state index in [0.717, 1.165) is 44.9 Å². The van der Waals surface area contributed by atoms with Gasteiger partial charge in [-0.2, -0.15) is 0 Å². The number of aliphatic hydroxyl groups excluding tert-OH is 2. The van der Waals surface area contributed by atoms with Crippen LogP contribution in [0.3, 0.4) is 0 Å². The molecule has 0 aliphatic rings. The minimum atomic E-state index is -0.848. The first-order chi connectivity index (χ1) is 36.5. The van der Waals surface area contributed by atoms with Gasteiger partial charge >= 0.3 is 5.97 Å². The van der Waals surface area contributed by atoms with Crippen molar-refractivity contribution >= 4 is 11.9 Å². The summed E-state index contributed by atoms with van der Waals surface area (Å²) in [5.41, 5.74) is 0. The minimum absolute atomic E-state index is 0.00407. The van der Waals surface area contributed by atoms with Crippen LogP contribution in [-0.4, -0.2) is 47.4 Å². The van der Waals surface area contributed by atoms with Gasteiger partial charge in [0.25, 0.3) is 0 Å². The molecule has 0 aliphatic carbocycles. The summed E-state index contributed by atoms with van der Waals surface area (Å²) in [6.07, 6.45) is 79.4. The lowest BCUT2D eigenvalue weighted by molar-refractivity contribution is -0.143. The van der Waals surface area contributed by atoms with Gasteiger partial charge in [-0.25, -0.2) is 0 Å². The fourth-order valence-corrected chi connectivity index (χ4v) is 10.6. The molecular formula is C68H131NO5. The Morgan fingerprint density at radius 1 is 0.365 bits per heavy atom. The highest BCUT2D eigenvalue weighted by atomic mass is 16.5. The third kappa shape index (κ3) is 59.6. The number of aliphatic hydroxyl groups is 2. The van der Waals surface area contributed by atoms with Gasteiger partial charge in [-0.3, -0.25) is 9.59 Å². The van der Waals surface area contributed by atoms with Crippen molar-refractivity contribution < 1.29 is 24.5 Å². The second-order valence-electron chi connectivity index (χ2n) is 23.2. The van der Waals surface area contributed by atoms with E-state index in [0.29, 0.717) is 19.4 Å². The van der Waals surface area contributed by atoms with E-state index >= 15 is 0 Å². The summed E-state index contributed by atoms with van der Waals surface area (Å²) in [5.74, 6) is -0.0641. The van der Waals surface area contributed by atoms with Crippen molar-refractivity contribution in [3.63, 3.8) is 0 Å². The summed E-state index contributed by atoms with van der Waals surface area (Å²) in [6.45, 7) is 4.92. The predicted molar refractivity (Wildman–Crippen MR) is 324 cm³/mol. The summed E-state index contributed by atoms with van der Waals surface area (Å²) in [6, 6.07) is -0.632. The number of carbonyl (C=O) groups excluding carboxylic acids is 2. The molecule has 0 saturated carbocycles.